The van der Waals surface area contributed by atoms with Crippen LogP contribution in [0.4, 0.5) is 0 Å². The molecule has 0 aromatic rings. The van der Waals surface area contributed by atoms with E-state index in [0.717, 1.165) is 37.5 Å². The van der Waals surface area contributed by atoms with Gasteiger partial charge in [0.25, 0.3) is 23.9 Å². The molecule has 0 saturated carbocycles. The van der Waals surface area contributed by atoms with E-state index in [-0.39, 0.29) is 215 Å². The minimum Gasteiger partial charge on any atom is -1.00 e. The van der Waals surface area contributed by atoms with Gasteiger partial charge in [-0.15, -0.1) is 0 Å². The van der Waals surface area contributed by atoms with Crippen LogP contribution in [0.1, 0.15) is 36.3 Å². The Kier molecular flexibility index (Phi) is 111. The molecule has 20 nitrogen and oxygen atoms in total. The van der Waals surface area contributed by atoms with E-state index in [0.29, 0.717) is 13.1 Å². The molecule has 0 spiro atoms. The van der Waals surface area contributed by atoms with Crippen LogP contribution in [-0.2, 0) is 38.4 Å². The summed E-state index contributed by atoms with van der Waals surface area (Å²) in [5, 5.41) is 64.1. The molecule has 0 aliphatic heterocycles. The van der Waals surface area contributed by atoms with Crippen LogP contribution in [0, 0.1) is 0 Å². The summed E-state index contributed by atoms with van der Waals surface area (Å²) < 4.78 is 0. The molecule has 2 radical (unpaired) electrons. The number of nitrogens with zero attached hydrogens (tertiary/aromatic N) is 2. The number of hydrogen-bond acceptors (Lipinski definition) is 12. The largest absolute Gasteiger partial charge is 2.00 e. The van der Waals surface area contributed by atoms with Crippen molar-refractivity contribution in [3.63, 3.8) is 0 Å². The summed E-state index contributed by atoms with van der Waals surface area (Å²) in [5.74, 6) is -8.24. The number of nitrogens with two attached hydrogens (primary N) is 2. The Morgan fingerprint density at radius 1 is 0.457 bits per heavy atom. The van der Waals surface area contributed by atoms with Gasteiger partial charge in [-0.3, -0.25) is 48.2 Å². The molecule has 0 heterocycles. The fourth-order valence-corrected chi connectivity index (χ4v) is 1.48. The van der Waals surface area contributed by atoms with Crippen molar-refractivity contribution in [2.45, 2.75) is 27.7 Å². The smallest absolute Gasteiger partial charge is 1.00 e. The van der Waals surface area contributed by atoms with Crippen LogP contribution >= 0.6 is 0 Å². The molecule has 46 heavy (non-hydrogen) atoms. The maximum absolute atomic E-state index is 10.6. The number of carbonyl (C=O) groups is 8. The molecule has 0 unspecified atom stereocenters. The zero-order valence-electron chi connectivity index (χ0n) is 34.0. The summed E-state index contributed by atoms with van der Waals surface area (Å²) in [6, 6.07) is 0. The molecule has 0 atom stereocenters. The van der Waals surface area contributed by atoms with Gasteiger partial charge in [-0.05, 0) is 0 Å². The first-order valence-electron chi connectivity index (χ1n) is 10.5. The maximum Gasteiger partial charge on any atom is 2.00 e. The second-order valence-electron chi connectivity index (χ2n) is 6.65. The monoisotopic (exact) mass is 770 g/mol. The summed E-state index contributed by atoms with van der Waals surface area (Å²) in [7, 11) is 0. The van der Waals surface area contributed by atoms with E-state index < -0.39 is 73.9 Å². The standard InChI is InChI=1S/C10H16N2O8.C2H8N2.4C2H4O2.2Ca.4Na.6H/c13-7(14)3-11(4-8(15)16)1-2-12(5-9(17)18)6-10(19)20;3-1-2-4;4*1-2(3)4;;;;;;;;;;;;/h1-6H2,(H,13,14)(H,15,16)(H,17,18)(H,19,20);1-4H2;4*1H3,(H,3,4);;;;;;;;;;;;/q;;;;;;;+2;4*+1;6*-1. The summed E-state index contributed by atoms with van der Waals surface area (Å²) in [4.78, 5) is 80.4. The van der Waals surface area contributed by atoms with Crippen LogP contribution in [0.5, 0.6) is 0 Å². The Labute approximate surface area is 423 Å². The van der Waals surface area contributed by atoms with Crippen molar-refractivity contribution in [2.75, 3.05) is 52.4 Å². The second-order valence-corrected chi connectivity index (χ2v) is 6.65. The van der Waals surface area contributed by atoms with Gasteiger partial charge >= 0.3 is 180 Å². The molecule has 250 valence electrons. The molecule has 0 aliphatic carbocycles. The number of aliphatic carboxylic acids is 8. The van der Waals surface area contributed by atoms with E-state index in [1.54, 1.807) is 0 Å². The van der Waals surface area contributed by atoms with Gasteiger partial charge in [0.05, 0.1) is 26.2 Å². The fraction of sp³-hybridized carbons (Fsp3) is 0.600. The van der Waals surface area contributed by atoms with Crippen molar-refractivity contribution >= 4 is 123 Å². The van der Waals surface area contributed by atoms with E-state index >= 15 is 0 Å². The number of carboxylic acids is 8. The Balaban J connectivity index is -0.0000000193. The zero-order valence-corrected chi connectivity index (χ0v) is 40.4. The van der Waals surface area contributed by atoms with Crippen LogP contribution in [0.3, 0.4) is 0 Å². The predicted molar refractivity (Wildman–Crippen MR) is 153 cm³/mol. The first-order valence-corrected chi connectivity index (χ1v) is 10.5. The molecule has 0 aromatic heterocycles. The quantitative estimate of drug-likeness (QED) is 0.0824. The summed E-state index contributed by atoms with van der Waals surface area (Å²) in [6.07, 6.45) is 0. The fourth-order valence-electron chi connectivity index (χ4n) is 1.48. The zero-order chi connectivity index (χ0) is 33.4. The third-order valence-corrected chi connectivity index (χ3v) is 2.33. The summed E-state index contributed by atoms with van der Waals surface area (Å²) >= 11 is 0. The normalized spacial score (nSPS) is 7.48. The van der Waals surface area contributed by atoms with Gasteiger partial charge in [0.15, 0.2) is 0 Å². The van der Waals surface area contributed by atoms with Gasteiger partial charge in [-0.25, -0.2) is 0 Å². The van der Waals surface area contributed by atoms with Gasteiger partial charge in [-0.2, -0.15) is 0 Å². The molecule has 12 N–H and O–H groups in total. The van der Waals surface area contributed by atoms with Crippen molar-refractivity contribution in [2.24, 2.45) is 11.5 Å². The van der Waals surface area contributed by atoms with Crippen LogP contribution in [0.25, 0.3) is 0 Å². The molecule has 0 amide bonds. The van der Waals surface area contributed by atoms with E-state index in [4.69, 9.17) is 71.5 Å². The van der Waals surface area contributed by atoms with Crippen molar-refractivity contribution in [1.29, 1.82) is 0 Å². The molecule has 26 heteroatoms. The van der Waals surface area contributed by atoms with Crippen molar-refractivity contribution < 1.29 is 206 Å². The first kappa shape index (κ1) is 81.9. The average molecular weight is 771 g/mol. The van der Waals surface area contributed by atoms with Gasteiger partial charge in [0, 0.05) is 91.6 Å². The van der Waals surface area contributed by atoms with Crippen molar-refractivity contribution in [3.8, 4) is 0 Å². The predicted octanol–water partition coefficient (Wildman–Crippen LogP) is -14.9. The molecule has 0 aliphatic rings. The maximum atomic E-state index is 10.6. The first-order chi connectivity index (χ1) is 18.0. The van der Waals surface area contributed by atoms with Crippen LogP contribution in [-0.4, -0.2) is 226 Å². The summed E-state index contributed by atoms with van der Waals surface area (Å²) in [5.41, 5.74) is 9.81. The van der Waals surface area contributed by atoms with Crippen LogP contribution in [0.15, 0.2) is 0 Å². The number of hydrogen-bond donors (Lipinski definition) is 10. The van der Waals surface area contributed by atoms with E-state index in [2.05, 4.69) is 0 Å². The Hall–Kier alpha value is 2.12. The molecule has 0 rings (SSSR count). The van der Waals surface area contributed by atoms with Crippen molar-refractivity contribution in [3.05, 3.63) is 0 Å². The van der Waals surface area contributed by atoms with Gasteiger partial charge in [-0.1, -0.05) is 0 Å². The van der Waals surface area contributed by atoms with Crippen LogP contribution in [0.2, 0.25) is 0 Å². The third kappa shape index (κ3) is 161. The van der Waals surface area contributed by atoms with Gasteiger partial charge < -0.3 is 60.9 Å². The Morgan fingerprint density at radius 2 is 0.565 bits per heavy atom. The minimum absolute atomic E-state index is 0. The molecule has 0 saturated heterocycles. The van der Waals surface area contributed by atoms with Crippen molar-refractivity contribution in [1.82, 2.24) is 9.80 Å². The molecular formula is C20H46Ca2N4Na4O16. The van der Waals surface area contributed by atoms with Crippen LogP contribution < -0.4 is 130 Å². The molecular weight excluding hydrogens is 724 g/mol. The Morgan fingerprint density at radius 3 is 0.630 bits per heavy atom. The van der Waals surface area contributed by atoms with E-state index in [1.165, 1.54) is 0 Å². The summed E-state index contributed by atoms with van der Waals surface area (Å²) in [6.45, 7) is 3.28. The molecule has 0 fully saturated rings. The number of carboxylic acid groups (broad SMARTS) is 8. The van der Waals surface area contributed by atoms with E-state index in [1.807, 2.05) is 0 Å². The average Bonchev–Trinajstić information content (AvgIpc) is 2.68. The van der Waals surface area contributed by atoms with Gasteiger partial charge in [0.2, 0.25) is 0 Å². The SMILES string of the molecule is CC(=O)O.CC(=O)O.CC(=O)O.CC(=O)O.NCCN.O=C(O)CN(CCN(CC(=O)O)CC(=O)O)CC(=O)O.[Ca+2].[Ca].[H-].[H-].[H-].[H-].[H-].[H-].[Na+].[Na+].[Na+].[Na+]. The topological polar surface area (TPSA) is 357 Å². The van der Waals surface area contributed by atoms with E-state index in [9.17, 15) is 19.2 Å². The number of rotatable bonds is 12. The minimum atomic E-state index is -1.23. The second kappa shape index (κ2) is 62.3. The Bertz CT molecular complexity index is 685. The molecule has 0 aromatic carbocycles. The third-order valence-electron chi connectivity index (χ3n) is 2.33. The van der Waals surface area contributed by atoms with Gasteiger partial charge in [0.1, 0.15) is 0 Å². The molecule has 0 bridgehead atoms.